The van der Waals surface area contributed by atoms with E-state index in [2.05, 4.69) is 20.8 Å². The van der Waals surface area contributed by atoms with Gasteiger partial charge in [0.05, 0.1) is 19.1 Å². The number of hydrogen-bond acceptors (Lipinski definition) is 3. The van der Waals surface area contributed by atoms with Crippen molar-refractivity contribution in [3.05, 3.63) is 0 Å². The van der Waals surface area contributed by atoms with Crippen LogP contribution in [0.1, 0.15) is 40.0 Å². The van der Waals surface area contributed by atoms with E-state index in [1.54, 1.807) is 0 Å². The van der Waals surface area contributed by atoms with Crippen molar-refractivity contribution in [2.75, 3.05) is 7.11 Å². The molecule has 0 radical (unpaired) electrons. The van der Waals surface area contributed by atoms with Gasteiger partial charge in [-0.05, 0) is 30.6 Å². The van der Waals surface area contributed by atoms with E-state index in [9.17, 15) is 9.90 Å². The van der Waals surface area contributed by atoms with E-state index in [1.165, 1.54) is 7.11 Å². The maximum Gasteiger partial charge on any atom is 0.311 e. The van der Waals surface area contributed by atoms with Gasteiger partial charge >= 0.3 is 5.97 Å². The fraction of sp³-hybridized carbons (Fsp3) is 0.917. The standard InChI is InChI=1S/C12H22O3/c1-12(2,3)8-5-6-10(13)9(7-8)11(14)15-4/h8-10,13H,5-7H2,1-4H3. The number of hydrogen-bond donors (Lipinski definition) is 1. The Morgan fingerprint density at radius 3 is 2.40 bits per heavy atom. The van der Waals surface area contributed by atoms with Crippen molar-refractivity contribution < 1.29 is 14.6 Å². The fourth-order valence-electron chi connectivity index (χ4n) is 2.35. The molecule has 1 fully saturated rings. The third-order valence-electron chi connectivity index (χ3n) is 3.54. The molecule has 1 aliphatic carbocycles. The molecule has 0 aromatic carbocycles. The quantitative estimate of drug-likeness (QED) is 0.679. The molecule has 0 saturated heterocycles. The average molecular weight is 214 g/mol. The number of ether oxygens (including phenoxy) is 1. The van der Waals surface area contributed by atoms with E-state index in [4.69, 9.17) is 4.74 Å². The van der Waals surface area contributed by atoms with Crippen LogP contribution >= 0.6 is 0 Å². The summed E-state index contributed by atoms with van der Waals surface area (Å²) < 4.78 is 4.72. The molecule has 0 aromatic rings. The van der Waals surface area contributed by atoms with Gasteiger partial charge in [0.15, 0.2) is 0 Å². The molecule has 0 spiro atoms. The number of carbonyl (C=O) groups is 1. The monoisotopic (exact) mass is 214 g/mol. The molecule has 3 unspecified atom stereocenters. The predicted molar refractivity (Wildman–Crippen MR) is 58.3 cm³/mol. The van der Waals surface area contributed by atoms with Gasteiger partial charge in [0, 0.05) is 0 Å². The summed E-state index contributed by atoms with van der Waals surface area (Å²) in [6, 6.07) is 0. The van der Waals surface area contributed by atoms with Crippen molar-refractivity contribution >= 4 is 5.97 Å². The van der Waals surface area contributed by atoms with Crippen LogP contribution in [0.5, 0.6) is 0 Å². The Hall–Kier alpha value is -0.570. The molecule has 15 heavy (non-hydrogen) atoms. The highest BCUT2D eigenvalue weighted by molar-refractivity contribution is 5.73. The third kappa shape index (κ3) is 2.94. The second kappa shape index (κ2) is 4.52. The maximum absolute atomic E-state index is 11.5. The maximum atomic E-state index is 11.5. The molecule has 1 N–H and O–H groups in total. The Kier molecular flexibility index (Phi) is 3.77. The first kappa shape index (κ1) is 12.5. The Balaban J connectivity index is 2.68. The highest BCUT2D eigenvalue weighted by Crippen LogP contribution is 2.40. The van der Waals surface area contributed by atoms with Crippen LogP contribution in [0.3, 0.4) is 0 Å². The summed E-state index contributed by atoms with van der Waals surface area (Å²) >= 11 is 0. The molecule has 88 valence electrons. The number of methoxy groups -OCH3 is 1. The van der Waals surface area contributed by atoms with Gasteiger partial charge in [0.1, 0.15) is 0 Å². The number of carbonyl (C=O) groups excluding carboxylic acids is 1. The number of aliphatic hydroxyl groups is 1. The molecular formula is C12H22O3. The lowest BCUT2D eigenvalue weighted by Gasteiger charge is -2.38. The van der Waals surface area contributed by atoms with E-state index in [-0.39, 0.29) is 17.3 Å². The van der Waals surface area contributed by atoms with Crippen LogP contribution in [0.25, 0.3) is 0 Å². The van der Waals surface area contributed by atoms with Crippen molar-refractivity contribution in [3.63, 3.8) is 0 Å². The first-order valence-electron chi connectivity index (χ1n) is 5.62. The van der Waals surface area contributed by atoms with Gasteiger partial charge in [0.2, 0.25) is 0 Å². The highest BCUT2D eigenvalue weighted by Gasteiger charge is 2.38. The number of rotatable bonds is 1. The SMILES string of the molecule is COC(=O)C1CC(C(C)(C)C)CCC1O. The fourth-order valence-corrected chi connectivity index (χ4v) is 2.35. The first-order valence-corrected chi connectivity index (χ1v) is 5.62. The van der Waals surface area contributed by atoms with Crippen LogP contribution in [0.15, 0.2) is 0 Å². The number of aliphatic hydroxyl groups excluding tert-OH is 1. The Bertz CT molecular complexity index is 230. The Morgan fingerprint density at radius 2 is 1.93 bits per heavy atom. The van der Waals surface area contributed by atoms with E-state index in [0.717, 1.165) is 12.8 Å². The molecule has 3 heteroatoms. The van der Waals surface area contributed by atoms with Crippen molar-refractivity contribution in [2.45, 2.75) is 46.1 Å². The molecule has 3 nitrogen and oxygen atoms in total. The summed E-state index contributed by atoms with van der Waals surface area (Å²) in [5, 5.41) is 9.75. The lowest BCUT2D eigenvalue weighted by Crippen LogP contribution is -2.39. The Labute approximate surface area is 91.8 Å². The largest absolute Gasteiger partial charge is 0.469 e. The highest BCUT2D eigenvalue weighted by atomic mass is 16.5. The van der Waals surface area contributed by atoms with Gasteiger partial charge in [-0.1, -0.05) is 20.8 Å². The van der Waals surface area contributed by atoms with Crippen LogP contribution in [0.4, 0.5) is 0 Å². The van der Waals surface area contributed by atoms with E-state index < -0.39 is 6.10 Å². The molecule has 0 aromatic heterocycles. The topological polar surface area (TPSA) is 46.5 Å². The third-order valence-corrected chi connectivity index (χ3v) is 3.54. The van der Waals surface area contributed by atoms with Crippen LogP contribution in [-0.2, 0) is 9.53 Å². The molecule has 1 aliphatic rings. The molecular weight excluding hydrogens is 192 g/mol. The smallest absolute Gasteiger partial charge is 0.311 e. The number of esters is 1. The van der Waals surface area contributed by atoms with E-state index in [1.807, 2.05) is 0 Å². The summed E-state index contributed by atoms with van der Waals surface area (Å²) in [5.41, 5.74) is 0.201. The molecule has 3 atom stereocenters. The minimum atomic E-state index is -0.518. The van der Waals surface area contributed by atoms with Crippen molar-refractivity contribution in [1.29, 1.82) is 0 Å². The van der Waals surface area contributed by atoms with Crippen LogP contribution < -0.4 is 0 Å². The first-order chi connectivity index (χ1) is 6.86. The zero-order valence-electron chi connectivity index (χ0n) is 10.1. The van der Waals surface area contributed by atoms with E-state index in [0.29, 0.717) is 12.3 Å². The van der Waals surface area contributed by atoms with Crippen molar-refractivity contribution in [3.8, 4) is 0 Å². The van der Waals surface area contributed by atoms with Gasteiger partial charge in [-0.25, -0.2) is 0 Å². The summed E-state index contributed by atoms with van der Waals surface area (Å²) in [5.74, 6) is -0.102. The molecule has 0 amide bonds. The molecule has 1 rings (SSSR count). The van der Waals surface area contributed by atoms with Gasteiger partial charge in [-0.2, -0.15) is 0 Å². The minimum absolute atomic E-state index is 0.201. The van der Waals surface area contributed by atoms with Gasteiger partial charge in [0.25, 0.3) is 0 Å². The van der Waals surface area contributed by atoms with Gasteiger partial charge in [-0.3, -0.25) is 4.79 Å². The molecule has 0 bridgehead atoms. The summed E-state index contributed by atoms with van der Waals surface area (Å²) in [4.78, 5) is 11.5. The van der Waals surface area contributed by atoms with Crippen LogP contribution in [0.2, 0.25) is 0 Å². The van der Waals surface area contributed by atoms with Crippen molar-refractivity contribution in [2.24, 2.45) is 17.3 Å². The average Bonchev–Trinajstić information content (AvgIpc) is 2.15. The minimum Gasteiger partial charge on any atom is -0.469 e. The van der Waals surface area contributed by atoms with Crippen LogP contribution in [0, 0.1) is 17.3 Å². The van der Waals surface area contributed by atoms with E-state index >= 15 is 0 Å². The molecule has 0 heterocycles. The zero-order chi connectivity index (χ0) is 11.6. The summed E-state index contributed by atoms with van der Waals surface area (Å²) in [6.07, 6.45) is 1.94. The summed E-state index contributed by atoms with van der Waals surface area (Å²) in [7, 11) is 1.38. The van der Waals surface area contributed by atoms with Gasteiger partial charge in [-0.15, -0.1) is 0 Å². The van der Waals surface area contributed by atoms with Gasteiger partial charge < -0.3 is 9.84 Å². The molecule has 1 saturated carbocycles. The second-order valence-corrected chi connectivity index (χ2v) is 5.57. The lowest BCUT2D eigenvalue weighted by molar-refractivity contribution is -0.153. The molecule has 0 aliphatic heterocycles. The predicted octanol–water partition coefficient (Wildman–Crippen LogP) is 1.98. The Morgan fingerprint density at radius 1 is 1.33 bits per heavy atom. The second-order valence-electron chi connectivity index (χ2n) is 5.57. The zero-order valence-corrected chi connectivity index (χ0v) is 10.1. The van der Waals surface area contributed by atoms with Crippen molar-refractivity contribution in [1.82, 2.24) is 0 Å². The lowest BCUT2D eigenvalue weighted by atomic mass is 9.68. The van der Waals surface area contributed by atoms with Crippen LogP contribution in [-0.4, -0.2) is 24.3 Å². The summed E-state index contributed by atoms with van der Waals surface area (Å²) in [6.45, 7) is 6.55. The normalized spacial score (nSPS) is 32.5.